The number of ether oxygens (including phenoxy) is 2. The number of allylic oxidation sites excluding steroid dienone is 1. The van der Waals surface area contributed by atoms with Gasteiger partial charge in [-0.3, -0.25) is 24.7 Å². The van der Waals surface area contributed by atoms with Crippen molar-refractivity contribution in [2.24, 2.45) is 10.9 Å². The van der Waals surface area contributed by atoms with E-state index in [1.54, 1.807) is 32.9 Å². The maximum absolute atomic E-state index is 13.2. The molecule has 36 heavy (non-hydrogen) atoms. The smallest absolute Gasteiger partial charge is 0.336 e. The van der Waals surface area contributed by atoms with Crippen molar-refractivity contribution >= 4 is 39.9 Å². The number of rotatable bonds is 9. The fourth-order valence-corrected chi connectivity index (χ4v) is 4.87. The van der Waals surface area contributed by atoms with Crippen molar-refractivity contribution in [1.82, 2.24) is 5.32 Å². The van der Waals surface area contributed by atoms with Gasteiger partial charge in [-0.1, -0.05) is 23.5 Å². The van der Waals surface area contributed by atoms with E-state index in [9.17, 15) is 29.6 Å². The molecular formula is C24H25N3O8S. The Kier molecular flexibility index (Phi) is 8.54. The number of benzene rings is 1. The number of carbonyl (C=O) groups is 3. The molecule has 0 spiro atoms. The van der Waals surface area contributed by atoms with E-state index < -0.39 is 34.6 Å². The lowest BCUT2D eigenvalue weighted by Gasteiger charge is -2.30. The highest BCUT2D eigenvalue weighted by molar-refractivity contribution is 7.15. The molecule has 2 aromatic rings. The molecule has 1 aromatic heterocycles. The van der Waals surface area contributed by atoms with Crippen LogP contribution < -0.4 is 5.32 Å². The van der Waals surface area contributed by atoms with Gasteiger partial charge in [-0.05, 0) is 39.0 Å². The first kappa shape index (κ1) is 26.5. The number of para-hydroxylation sites is 1. The van der Waals surface area contributed by atoms with Crippen molar-refractivity contribution in [1.29, 1.82) is 0 Å². The maximum Gasteiger partial charge on any atom is 0.336 e. The summed E-state index contributed by atoms with van der Waals surface area (Å²) in [5, 5.41) is 23.5. The highest BCUT2D eigenvalue weighted by Gasteiger charge is 2.43. The van der Waals surface area contributed by atoms with Gasteiger partial charge in [0.15, 0.2) is 0 Å². The third-order valence-electron chi connectivity index (χ3n) is 5.46. The number of thiophene rings is 1. The Morgan fingerprint density at radius 2 is 1.89 bits per heavy atom. The first-order valence-electron chi connectivity index (χ1n) is 11.1. The SMILES string of the molecule is CCOC(=O)C1C(C)=NC(C)=C(C(=O)OCCNC(=O)c2ccccc2O)C1c1ccc([N+](=O)[O-])s1. The van der Waals surface area contributed by atoms with Gasteiger partial charge < -0.3 is 19.9 Å². The monoisotopic (exact) mass is 515 g/mol. The van der Waals surface area contributed by atoms with Crippen molar-refractivity contribution in [2.75, 3.05) is 19.8 Å². The highest BCUT2D eigenvalue weighted by atomic mass is 32.1. The molecular weight excluding hydrogens is 490 g/mol. The molecule has 0 fully saturated rings. The summed E-state index contributed by atoms with van der Waals surface area (Å²) >= 11 is 0.859. The number of esters is 2. The Bertz CT molecular complexity index is 1250. The fourth-order valence-electron chi connectivity index (χ4n) is 3.90. The molecule has 12 heteroatoms. The van der Waals surface area contributed by atoms with Gasteiger partial charge in [0.25, 0.3) is 5.91 Å². The fraction of sp³-hybridized carbons (Fsp3) is 0.333. The highest BCUT2D eigenvalue weighted by Crippen LogP contribution is 2.44. The number of carbonyl (C=O) groups excluding carboxylic acids is 3. The minimum Gasteiger partial charge on any atom is -0.507 e. The molecule has 2 N–H and O–H groups in total. The predicted molar refractivity (Wildman–Crippen MR) is 131 cm³/mol. The van der Waals surface area contributed by atoms with Crippen LogP contribution in [-0.4, -0.2) is 53.3 Å². The zero-order chi connectivity index (χ0) is 26.4. The van der Waals surface area contributed by atoms with Crippen LogP contribution in [0.1, 0.15) is 41.9 Å². The maximum atomic E-state index is 13.2. The number of amides is 1. The summed E-state index contributed by atoms with van der Waals surface area (Å²) in [6, 6.07) is 8.84. The van der Waals surface area contributed by atoms with Crippen LogP contribution in [0.4, 0.5) is 5.00 Å². The van der Waals surface area contributed by atoms with Gasteiger partial charge >= 0.3 is 16.9 Å². The molecule has 1 aromatic carbocycles. The Morgan fingerprint density at radius 3 is 2.53 bits per heavy atom. The number of nitro groups is 1. The van der Waals surface area contributed by atoms with E-state index in [1.807, 2.05) is 0 Å². The molecule has 1 amide bonds. The van der Waals surface area contributed by atoms with Crippen LogP contribution in [0.15, 0.2) is 52.7 Å². The van der Waals surface area contributed by atoms with Crippen LogP contribution in [0, 0.1) is 16.0 Å². The average molecular weight is 516 g/mol. The van der Waals surface area contributed by atoms with Crippen molar-refractivity contribution in [2.45, 2.75) is 26.7 Å². The number of hydrogen-bond acceptors (Lipinski definition) is 10. The van der Waals surface area contributed by atoms with Gasteiger partial charge in [-0.2, -0.15) is 0 Å². The summed E-state index contributed by atoms with van der Waals surface area (Å²) in [6.07, 6.45) is 0. The molecule has 1 aliphatic rings. The van der Waals surface area contributed by atoms with Crippen molar-refractivity contribution < 1.29 is 33.9 Å². The zero-order valence-corrected chi connectivity index (χ0v) is 20.7. The first-order valence-corrected chi connectivity index (χ1v) is 11.9. The molecule has 2 atom stereocenters. The normalized spacial score (nSPS) is 17.2. The summed E-state index contributed by atoms with van der Waals surface area (Å²) in [6.45, 7) is 4.76. The number of aromatic hydroxyl groups is 1. The standard InChI is InChI=1S/C24H25N3O8S/c1-4-34-23(30)19-13(2)26-14(3)20(21(19)17-9-10-18(36-17)27(32)33)24(31)35-12-11-25-22(29)15-7-5-6-8-16(15)28/h5-10,19,21,28H,4,11-12H2,1-3H3,(H,25,29). The quantitative estimate of drug-likeness (QED) is 0.223. The van der Waals surface area contributed by atoms with Gasteiger partial charge in [0.05, 0.1) is 29.2 Å². The van der Waals surface area contributed by atoms with Gasteiger partial charge in [0.1, 0.15) is 18.3 Å². The lowest BCUT2D eigenvalue weighted by Crippen LogP contribution is -2.36. The largest absolute Gasteiger partial charge is 0.507 e. The molecule has 0 bridgehead atoms. The van der Waals surface area contributed by atoms with Crippen molar-refractivity contribution in [3.63, 3.8) is 0 Å². The van der Waals surface area contributed by atoms with E-state index in [0.29, 0.717) is 16.3 Å². The molecule has 0 saturated heterocycles. The summed E-state index contributed by atoms with van der Waals surface area (Å²) in [4.78, 5) is 53.7. The molecule has 0 aliphatic carbocycles. The Balaban J connectivity index is 1.80. The number of phenols is 1. The summed E-state index contributed by atoms with van der Waals surface area (Å²) < 4.78 is 10.6. The van der Waals surface area contributed by atoms with Gasteiger partial charge in [0, 0.05) is 28.3 Å². The molecule has 0 saturated carbocycles. The predicted octanol–water partition coefficient (Wildman–Crippen LogP) is 3.35. The van der Waals surface area contributed by atoms with E-state index in [4.69, 9.17) is 9.47 Å². The van der Waals surface area contributed by atoms with Crippen LogP contribution in [0.2, 0.25) is 0 Å². The second-order valence-electron chi connectivity index (χ2n) is 7.80. The number of phenolic OH excluding ortho intramolecular Hbond substituents is 1. The van der Waals surface area contributed by atoms with Crippen LogP contribution in [0.5, 0.6) is 5.75 Å². The molecule has 1 aliphatic heterocycles. The summed E-state index contributed by atoms with van der Waals surface area (Å²) in [7, 11) is 0. The first-order chi connectivity index (χ1) is 17.1. The Hall–Kier alpha value is -4.06. The lowest BCUT2D eigenvalue weighted by atomic mass is 9.79. The average Bonchev–Trinajstić information content (AvgIpc) is 3.32. The summed E-state index contributed by atoms with van der Waals surface area (Å²) in [5.41, 5.74) is 0.898. The minimum atomic E-state index is -0.963. The van der Waals surface area contributed by atoms with E-state index in [2.05, 4.69) is 10.3 Å². The van der Waals surface area contributed by atoms with Crippen LogP contribution in [0.25, 0.3) is 0 Å². The van der Waals surface area contributed by atoms with Crippen LogP contribution in [-0.2, 0) is 19.1 Å². The molecule has 11 nitrogen and oxygen atoms in total. The number of nitrogens with one attached hydrogen (secondary N) is 1. The van der Waals surface area contributed by atoms with Crippen LogP contribution in [0.3, 0.4) is 0 Å². The molecule has 2 unspecified atom stereocenters. The van der Waals surface area contributed by atoms with Crippen LogP contribution >= 0.6 is 11.3 Å². The van der Waals surface area contributed by atoms with Crippen molar-refractivity contribution in [3.05, 3.63) is 68.2 Å². The topological polar surface area (TPSA) is 157 Å². The molecule has 3 rings (SSSR count). The Morgan fingerprint density at radius 1 is 1.17 bits per heavy atom. The zero-order valence-electron chi connectivity index (χ0n) is 19.8. The molecule has 190 valence electrons. The minimum absolute atomic E-state index is 0.0377. The van der Waals surface area contributed by atoms with Crippen molar-refractivity contribution in [3.8, 4) is 5.75 Å². The van der Waals surface area contributed by atoms with E-state index in [0.717, 1.165) is 11.3 Å². The second-order valence-corrected chi connectivity index (χ2v) is 8.90. The lowest BCUT2D eigenvalue weighted by molar-refractivity contribution is -0.380. The Labute approximate surface area is 210 Å². The van der Waals surface area contributed by atoms with E-state index >= 15 is 0 Å². The third kappa shape index (κ3) is 5.77. The van der Waals surface area contributed by atoms with E-state index in [1.165, 1.54) is 24.3 Å². The molecule has 2 heterocycles. The van der Waals surface area contributed by atoms with Gasteiger partial charge in [-0.15, -0.1) is 0 Å². The summed E-state index contributed by atoms with van der Waals surface area (Å²) in [5.74, 6) is -3.94. The number of nitrogens with zero attached hydrogens (tertiary/aromatic N) is 2. The molecule has 0 radical (unpaired) electrons. The number of aliphatic imine (C=N–C) groups is 1. The van der Waals surface area contributed by atoms with Gasteiger partial charge in [0.2, 0.25) is 0 Å². The van der Waals surface area contributed by atoms with E-state index in [-0.39, 0.29) is 41.6 Å². The second kappa shape index (κ2) is 11.6. The third-order valence-corrected chi connectivity index (χ3v) is 6.58. The van der Waals surface area contributed by atoms with Gasteiger partial charge in [-0.25, -0.2) is 4.79 Å². The number of hydrogen-bond donors (Lipinski definition) is 2.